The van der Waals surface area contributed by atoms with Crippen LogP contribution in [0.15, 0.2) is 18.2 Å². The molecule has 0 saturated heterocycles. The standard InChI is InChI=1S/C17H29NO/c1-13-8-9-14(16(2,3)4)15(12-13)19-11-10-18-17(5,6)7/h8-9,12,18H,10-11H2,1-7H3. The van der Waals surface area contributed by atoms with Crippen LogP contribution in [0.25, 0.3) is 0 Å². The Kier molecular flexibility index (Phi) is 5.03. The first-order chi connectivity index (χ1) is 8.59. The van der Waals surface area contributed by atoms with Gasteiger partial charge >= 0.3 is 0 Å². The van der Waals surface area contributed by atoms with Crippen LogP contribution < -0.4 is 10.1 Å². The topological polar surface area (TPSA) is 21.3 Å². The fourth-order valence-corrected chi connectivity index (χ4v) is 1.96. The van der Waals surface area contributed by atoms with E-state index in [4.69, 9.17) is 4.74 Å². The van der Waals surface area contributed by atoms with E-state index in [0.717, 1.165) is 12.3 Å². The molecule has 1 aromatic carbocycles. The van der Waals surface area contributed by atoms with E-state index in [2.05, 4.69) is 72.0 Å². The summed E-state index contributed by atoms with van der Waals surface area (Å²) >= 11 is 0. The van der Waals surface area contributed by atoms with E-state index in [9.17, 15) is 0 Å². The molecule has 0 radical (unpaired) electrons. The summed E-state index contributed by atoms with van der Waals surface area (Å²) in [6, 6.07) is 6.47. The summed E-state index contributed by atoms with van der Waals surface area (Å²) in [6.45, 7) is 16.8. The summed E-state index contributed by atoms with van der Waals surface area (Å²) in [4.78, 5) is 0. The SMILES string of the molecule is Cc1ccc(C(C)(C)C)c(OCCNC(C)(C)C)c1. The molecule has 2 nitrogen and oxygen atoms in total. The largest absolute Gasteiger partial charge is 0.492 e. The summed E-state index contributed by atoms with van der Waals surface area (Å²) in [5, 5.41) is 3.44. The lowest BCUT2D eigenvalue weighted by molar-refractivity contribution is 0.285. The van der Waals surface area contributed by atoms with E-state index >= 15 is 0 Å². The number of ether oxygens (including phenoxy) is 1. The molecule has 0 saturated carbocycles. The number of hydrogen-bond acceptors (Lipinski definition) is 2. The normalized spacial score (nSPS) is 12.6. The summed E-state index contributed by atoms with van der Waals surface area (Å²) in [6.07, 6.45) is 0. The zero-order chi connectivity index (χ0) is 14.7. The van der Waals surface area contributed by atoms with Crippen molar-refractivity contribution in [2.75, 3.05) is 13.2 Å². The Hall–Kier alpha value is -1.02. The number of nitrogens with one attached hydrogen (secondary N) is 1. The van der Waals surface area contributed by atoms with E-state index in [0.29, 0.717) is 6.61 Å². The fourth-order valence-electron chi connectivity index (χ4n) is 1.96. The fraction of sp³-hybridized carbons (Fsp3) is 0.647. The lowest BCUT2D eigenvalue weighted by Crippen LogP contribution is -2.38. The van der Waals surface area contributed by atoms with Crippen LogP contribution in [0.2, 0.25) is 0 Å². The Morgan fingerprint density at radius 3 is 2.21 bits per heavy atom. The van der Waals surface area contributed by atoms with E-state index in [-0.39, 0.29) is 11.0 Å². The van der Waals surface area contributed by atoms with Gasteiger partial charge in [0, 0.05) is 12.1 Å². The quantitative estimate of drug-likeness (QED) is 0.827. The molecular weight excluding hydrogens is 234 g/mol. The maximum absolute atomic E-state index is 5.98. The van der Waals surface area contributed by atoms with Gasteiger partial charge < -0.3 is 10.1 Å². The summed E-state index contributed by atoms with van der Waals surface area (Å²) in [5.41, 5.74) is 2.77. The third-order valence-electron chi connectivity index (χ3n) is 2.96. The number of aryl methyl sites for hydroxylation is 1. The highest BCUT2D eigenvalue weighted by Crippen LogP contribution is 2.31. The van der Waals surface area contributed by atoms with Crippen LogP contribution in [0.4, 0.5) is 0 Å². The van der Waals surface area contributed by atoms with Crippen molar-refractivity contribution in [1.82, 2.24) is 5.32 Å². The lowest BCUT2D eigenvalue weighted by Gasteiger charge is -2.24. The average molecular weight is 263 g/mol. The number of rotatable bonds is 4. The summed E-state index contributed by atoms with van der Waals surface area (Å²) in [7, 11) is 0. The Bertz CT molecular complexity index is 410. The molecule has 0 bridgehead atoms. The minimum atomic E-state index is 0.112. The van der Waals surface area contributed by atoms with Gasteiger partial charge in [-0.15, -0.1) is 0 Å². The molecule has 0 aromatic heterocycles. The van der Waals surface area contributed by atoms with Crippen molar-refractivity contribution in [3.05, 3.63) is 29.3 Å². The highest BCUT2D eigenvalue weighted by atomic mass is 16.5. The maximum atomic E-state index is 5.98. The second-order valence-corrected chi connectivity index (χ2v) is 7.27. The first kappa shape index (κ1) is 16.0. The molecule has 0 aliphatic rings. The molecule has 19 heavy (non-hydrogen) atoms. The molecule has 0 aliphatic carbocycles. The minimum Gasteiger partial charge on any atom is -0.492 e. The van der Waals surface area contributed by atoms with Crippen molar-refractivity contribution in [1.29, 1.82) is 0 Å². The van der Waals surface area contributed by atoms with E-state index in [1.165, 1.54) is 11.1 Å². The monoisotopic (exact) mass is 263 g/mol. The molecule has 1 N–H and O–H groups in total. The second-order valence-electron chi connectivity index (χ2n) is 7.27. The van der Waals surface area contributed by atoms with Gasteiger partial charge in [0.2, 0.25) is 0 Å². The van der Waals surface area contributed by atoms with E-state index in [1.807, 2.05) is 0 Å². The zero-order valence-electron chi connectivity index (χ0n) is 13.6. The van der Waals surface area contributed by atoms with Gasteiger partial charge in [0.05, 0.1) is 0 Å². The predicted molar refractivity (Wildman–Crippen MR) is 83.1 cm³/mol. The van der Waals surface area contributed by atoms with Gasteiger partial charge in [0.25, 0.3) is 0 Å². The van der Waals surface area contributed by atoms with Crippen LogP contribution in [-0.4, -0.2) is 18.7 Å². The molecule has 0 spiro atoms. The average Bonchev–Trinajstić information content (AvgIpc) is 2.21. The third kappa shape index (κ3) is 5.65. The van der Waals surface area contributed by atoms with E-state index in [1.54, 1.807) is 0 Å². The van der Waals surface area contributed by atoms with Crippen LogP contribution in [0.5, 0.6) is 5.75 Å². The van der Waals surface area contributed by atoms with Gasteiger partial charge in [-0.1, -0.05) is 32.9 Å². The number of hydrogen-bond donors (Lipinski definition) is 1. The molecule has 0 atom stereocenters. The van der Waals surface area contributed by atoms with Crippen LogP contribution in [0.1, 0.15) is 52.7 Å². The zero-order valence-corrected chi connectivity index (χ0v) is 13.6. The molecule has 0 aliphatic heterocycles. The van der Waals surface area contributed by atoms with Crippen molar-refractivity contribution in [2.24, 2.45) is 0 Å². The van der Waals surface area contributed by atoms with Crippen LogP contribution in [0, 0.1) is 6.92 Å². The van der Waals surface area contributed by atoms with Crippen LogP contribution in [0.3, 0.4) is 0 Å². The smallest absolute Gasteiger partial charge is 0.123 e. The first-order valence-corrected chi connectivity index (χ1v) is 7.08. The molecule has 0 heterocycles. The number of benzene rings is 1. The van der Waals surface area contributed by atoms with Gasteiger partial charge in [-0.25, -0.2) is 0 Å². The second kappa shape index (κ2) is 5.96. The molecule has 0 fully saturated rings. The minimum absolute atomic E-state index is 0.112. The Labute approximate surface area is 118 Å². The molecule has 1 rings (SSSR count). The molecule has 0 unspecified atom stereocenters. The van der Waals surface area contributed by atoms with Crippen molar-refractivity contribution < 1.29 is 4.74 Å². The van der Waals surface area contributed by atoms with Crippen LogP contribution in [-0.2, 0) is 5.41 Å². The maximum Gasteiger partial charge on any atom is 0.123 e. The molecule has 2 heteroatoms. The Morgan fingerprint density at radius 1 is 1.05 bits per heavy atom. The van der Waals surface area contributed by atoms with Crippen molar-refractivity contribution in [3.8, 4) is 5.75 Å². The highest BCUT2D eigenvalue weighted by Gasteiger charge is 2.19. The van der Waals surface area contributed by atoms with Gasteiger partial charge in [0.1, 0.15) is 12.4 Å². The molecule has 1 aromatic rings. The summed E-state index contributed by atoms with van der Waals surface area (Å²) in [5.74, 6) is 1.02. The van der Waals surface area contributed by atoms with Gasteiger partial charge in [-0.3, -0.25) is 0 Å². The van der Waals surface area contributed by atoms with Gasteiger partial charge in [0.15, 0.2) is 0 Å². The molecule has 0 amide bonds. The summed E-state index contributed by atoms with van der Waals surface area (Å²) < 4.78 is 5.98. The van der Waals surface area contributed by atoms with Crippen molar-refractivity contribution in [2.45, 2.75) is 59.4 Å². The third-order valence-corrected chi connectivity index (χ3v) is 2.96. The lowest BCUT2D eigenvalue weighted by atomic mass is 9.86. The van der Waals surface area contributed by atoms with E-state index < -0.39 is 0 Å². The van der Waals surface area contributed by atoms with Gasteiger partial charge in [-0.05, 0) is 50.3 Å². The van der Waals surface area contributed by atoms with Crippen LogP contribution >= 0.6 is 0 Å². The van der Waals surface area contributed by atoms with Crippen molar-refractivity contribution >= 4 is 0 Å². The highest BCUT2D eigenvalue weighted by molar-refractivity contribution is 5.41. The molecule has 108 valence electrons. The Balaban J connectivity index is 2.69. The predicted octanol–water partition coefficient (Wildman–Crippen LogP) is 4.06. The Morgan fingerprint density at radius 2 is 1.68 bits per heavy atom. The van der Waals surface area contributed by atoms with Crippen molar-refractivity contribution in [3.63, 3.8) is 0 Å². The molecular formula is C17H29NO. The first-order valence-electron chi connectivity index (χ1n) is 7.08. The van der Waals surface area contributed by atoms with Gasteiger partial charge in [-0.2, -0.15) is 0 Å².